The Balaban J connectivity index is 2.03. The van der Waals surface area contributed by atoms with Gasteiger partial charge >= 0.3 is 0 Å². The van der Waals surface area contributed by atoms with Crippen LogP contribution in [0.1, 0.15) is 25.3 Å². The first kappa shape index (κ1) is 14.0. The van der Waals surface area contributed by atoms with Gasteiger partial charge in [-0.15, -0.1) is 0 Å². The number of benzene rings is 1. The Kier molecular flexibility index (Phi) is 4.46. The van der Waals surface area contributed by atoms with Crippen molar-refractivity contribution in [1.29, 1.82) is 0 Å². The van der Waals surface area contributed by atoms with E-state index in [0.717, 1.165) is 16.8 Å². The van der Waals surface area contributed by atoms with Crippen molar-refractivity contribution < 1.29 is 0 Å². The van der Waals surface area contributed by atoms with Gasteiger partial charge in [0, 0.05) is 23.1 Å². The van der Waals surface area contributed by atoms with Crippen molar-refractivity contribution in [3.8, 4) is 0 Å². The molecule has 0 amide bonds. The highest BCUT2D eigenvalue weighted by Crippen LogP contribution is 2.32. The Morgan fingerprint density at radius 3 is 2.44 bits per heavy atom. The molecular weight excluding hydrogens is 288 g/mol. The lowest BCUT2D eigenvalue weighted by Crippen LogP contribution is -2.52. The lowest BCUT2D eigenvalue weighted by atomic mass is 9.91. The number of hydrogen-bond acceptors (Lipinski definition) is 2. The van der Waals surface area contributed by atoms with E-state index < -0.39 is 0 Å². The van der Waals surface area contributed by atoms with Crippen molar-refractivity contribution in [2.75, 3.05) is 20.1 Å². The Bertz CT molecular complexity index is 386. The fourth-order valence-electron chi connectivity index (χ4n) is 2.31. The highest BCUT2D eigenvalue weighted by atomic mass is 79.9. The summed E-state index contributed by atoms with van der Waals surface area (Å²) >= 11 is 3.48. The third kappa shape index (κ3) is 3.56. The van der Waals surface area contributed by atoms with E-state index in [-0.39, 0.29) is 5.54 Å². The molecule has 0 bridgehead atoms. The standard InChI is InChI=1S/C15H23BrN2/c1-15(11-17,18(2)10-13-3-4-13)9-12-5-7-14(16)8-6-12/h5-8,13H,3-4,9-11,17H2,1-2H3. The van der Waals surface area contributed by atoms with E-state index >= 15 is 0 Å². The van der Waals surface area contributed by atoms with E-state index in [0.29, 0.717) is 6.54 Å². The summed E-state index contributed by atoms with van der Waals surface area (Å²) in [6.45, 7) is 4.16. The zero-order chi connectivity index (χ0) is 13.2. The van der Waals surface area contributed by atoms with E-state index in [4.69, 9.17) is 5.73 Å². The average Bonchev–Trinajstić information content (AvgIpc) is 3.16. The van der Waals surface area contributed by atoms with Gasteiger partial charge in [0.1, 0.15) is 0 Å². The van der Waals surface area contributed by atoms with Crippen LogP contribution in [0.5, 0.6) is 0 Å². The van der Waals surface area contributed by atoms with Gasteiger partial charge in [-0.25, -0.2) is 0 Å². The van der Waals surface area contributed by atoms with Gasteiger partial charge in [0.25, 0.3) is 0 Å². The first-order valence-corrected chi connectivity index (χ1v) is 7.48. The van der Waals surface area contributed by atoms with Gasteiger partial charge in [0.05, 0.1) is 0 Å². The maximum atomic E-state index is 6.03. The van der Waals surface area contributed by atoms with E-state index in [1.165, 1.54) is 24.9 Å². The second-order valence-electron chi connectivity index (χ2n) is 5.83. The third-order valence-electron chi connectivity index (χ3n) is 4.09. The van der Waals surface area contributed by atoms with Crippen molar-refractivity contribution in [2.24, 2.45) is 11.7 Å². The zero-order valence-corrected chi connectivity index (χ0v) is 12.9. The summed E-state index contributed by atoms with van der Waals surface area (Å²) in [5.74, 6) is 0.908. The first-order chi connectivity index (χ1) is 8.53. The normalized spacial score (nSPS) is 18.9. The molecule has 1 aromatic rings. The molecule has 1 aliphatic carbocycles. The molecule has 1 fully saturated rings. The fraction of sp³-hybridized carbons (Fsp3) is 0.600. The quantitative estimate of drug-likeness (QED) is 0.875. The fourth-order valence-corrected chi connectivity index (χ4v) is 2.58. The number of hydrogen-bond donors (Lipinski definition) is 1. The largest absolute Gasteiger partial charge is 0.329 e. The maximum absolute atomic E-state index is 6.03. The monoisotopic (exact) mass is 310 g/mol. The molecule has 100 valence electrons. The highest BCUT2D eigenvalue weighted by Gasteiger charge is 2.32. The molecule has 2 N–H and O–H groups in total. The van der Waals surface area contributed by atoms with Crippen LogP contribution in [0.15, 0.2) is 28.7 Å². The highest BCUT2D eigenvalue weighted by molar-refractivity contribution is 9.10. The summed E-state index contributed by atoms with van der Waals surface area (Å²) in [6.07, 6.45) is 3.80. The van der Waals surface area contributed by atoms with Gasteiger partial charge < -0.3 is 5.73 Å². The van der Waals surface area contributed by atoms with Crippen molar-refractivity contribution in [2.45, 2.75) is 31.7 Å². The lowest BCUT2D eigenvalue weighted by Gasteiger charge is -2.38. The molecule has 3 heteroatoms. The van der Waals surface area contributed by atoms with Crippen LogP contribution in [0.3, 0.4) is 0 Å². The molecule has 0 aromatic heterocycles. The number of halogens is 1. The molecule has 0 spiro atoms. The predicted molar refractivity (Wildman–Crippen MR) is 80.7 cm³/mol. The van der Waals surface area contributed by atoms with Crippen LogP contribution in [-0.4, -0.2) is 30.6 Å². The molecular formula is C15H23BrN2. The molecule has 0 heterocycles. The molecule has 2 nitrogen and oxygen atoms in total. The van der Waals surface area contributed by atoms with Gasteiger partial charge in [0.2, 0.25) is 0 Å². The van der Waals surface area contributed by atoms with Gasteiger partial charge in [-0.3, -0.25) is 4.90 Å². The molecule has 1 unspecified atom stereocenters. The topological polar surface area (TPSA) is 29.3 Å². The SMILES string of the molecule is CN(CC1CC1)C(C)(CN)Cc1ccc(Br)cc1. The van der Waals surface area contributed by atoms with Crippen LogP contribution < -0.4 is 5.73 Å². The average molecular weight is 311 g/mol. The van der Waals surface area contributed by atoms with Crippen LogP contribution in [0, 0.1) is 5.92 Å². The van der Waals surface area contributed by atoms with Gasteiger partial charge in [-0.1, -0.05) is 28.1 Å². The summed E-state index contributed by atoms with van der Waals surface area (Å²) in [5, 5.41) is 0. The molecule has 0 radical (unpaired) electrons. The van der Waals surface area contributed by atoms with Crippen LogP contribution >= 0.6 is 15.9 Å². The van der Waals surface area contributed by atoms with Crippen molar-refractivity contribution in [3.63, 3.8) is 0 Å². The number of rotatable bonds is 6. The minimum Gasteiger partial charge on any atom is -0.329 e. The summed E-state index contributed by atoms with van der Waals surface area (Å²) in [6, 6.07) is 8.58. The Morgan fingerprint density at radius 1 is 1.33 bits per heavy atom. The first-order valence-electron chi connectivity index (χ1n) is 6.69. The summed E-state index contributed by atoms with van der Waals surface area (Å²) in [7, 11) is 2.21. The van der Waals surface area contributed by atoms with E-state index in [2.05, 4.69) is 59.1 Å². The zero-order valence-electron chi connectivity index (χ0n) is 11.3. The molecule has 18 heavy (non-hydrogen) atoms. The lowest BCUT2D eigenvalue weighted by molar-refractivity contribution is 0.138. The second-order valence-corrected chi connectivity index (χ2v) is 6.74. The second kappa shape index (κ2) is 5.72. The smallest absolute Gasteiger partial charge is 0.0340 e. The van der Waals surface area contributed by atoms with Crippen LogP contribution in [0.4, 0.5) is 0 Å². The molecule has 0 aliphatic heterocycles. The predicted octanol–water partition coefficient (Wildman–Crippen LogP) is 3.05. The molecule has 1 saturated carbocycles. The molecule has 0 saturated heterocycles. The van der Waals surface area contributed by atoms with Gasteiger partial charge in [-0.2, -0.15) is 0 Å². The van der Waals surface area contributed by atoms with E-state index in [1.54, 1.807) is 0 Å². The Labute approximate surface area is 119 Å². The number of likely N-dealkylation sites (N-methyl/N-ethyl adjacent to an activating group) is 1. The Morgan fingerprint density at radius 2 is 1.94 bits per heavy atom. The minimum absolute atomic E-state index is 0.0659. The van der Waals surface area contributed by atoms with Gasteiger partial charge in [0.15, 0.2) is 0 Å². The van der Waals surface area contributed by atoms with Crippen LogP contribution in [0.2, 0.25) is 0 Å². The summed E-state index contributed by atoms with van der Waals surface area (Å²) in [4.78, 5) is 2.45. The summed E-state index contributed by atoms with van der Waals surface area (Å²) < 4.78 is 1.13. The Hall–Kier alpha value is -0.380. The number of nitrogens with two attached hydrogens (primary N) is 1. The van der Waals surface area contributed by atoms with Crippen LogP contribution in [-0.2, 0) is 6.42 Å². The van der Waals surface area contributed by atoms with E-state index in [1.807, 2.05) is 0 Å². The summed E-state index contributed by atoms with van der Waals surface area (Å²) in [5.41, 5.74) is 7.45. The van der Waals surface area contributed by atoms with Crippen molar-refractivity contribution >= 4 is 15.9 Å². The van der Waals surface area contributed by atoms with Crippen molar-refractivity contribution in [3.05, 3.63) is 34.3 Å². The van der Waals surface area contributed by atoms with Crippen LogP contribution in [0.25, 0.3) is 0 Å². The minimum atomic E-state index is 0.0659. The number of nitrogens with zero attached hydrogens (tertiary/aromatic N) is 1. The maximum Gasteiger partial charge on any atom is 0.0340 e. The molecule has 1 aromatic carbocycles. The molecule has 1 aliphatic rings. The van der Waals surface area contributed by atoms with Crippen molar-refractivity contribution in [1.82, 2.24) is 4.90 Å². The molecule has 1 atom stereocenters. The molecule has 2 rings (SSSR count). The van der Waals surface area contributed by atoms with E-state index in [9.17, 15) is 0 Å². The van der Waals surface area contributed by atoms with Gasteiger partial charge in [-0.05, 0) is 56.8 Å². The third-order valence-corrected chi connectivity index (χ3v) is 4.62.